The van der Waals surface area contributed by atoms with Gasteiger partial charge in [-0.05, 0) is 96.1 Å². The molecule has 2 aliphatic heterocycles. The van der Waals surface area contributed by atoms with Crippen molar-refractivity contribution in [1.82, 2.24) is 19.9 Å². The van der Waals surface area contributed by atoms with E-state index >= 15 is 0 Å². The Kier molecular flexibility index (Phi) is 9.27. The highest BCUT2D eigenvalue weighted by atomic mass is 16.6. The Morgan fingerprint density at radius 1 is 0.500 bits per heavy atom. The summed E-state index contributed by atoms with van der Waals surface area (Å²) < 4.78 is 0. The van der Waals surface area contributed by atoms with E-state index in [-0.39, 0.29) is 5.69 Å². The van der Waals surface area contributed by atoms with Gasteiger partial charge in [0.2, 0.25) is 0 Å². The second kappa shape index (κ2) is 15.1. The summed E-state index contributed by atoms with van der Waals surface area (Å²) in [5.41, 5.74) is 14.2. The Morgan fingerprint density at radius 2 is 0.931 bits per heavy atom. The lowest BCUT2D eigenvalue weighted by Crippen LogP contribution is -2.07. The third-order valence-corrected chi connectivity index (χ3v) is 10.0. The smallest absolute Gasteiger partial charge is 0.269 e. The summed E-state index contributed by atoms with van der Waals surface area (Å²) in [5.74, 6) is 13.5. The number of nitrogens with zero attached hydrogens (tertiary/aromatic N) is 4. The van der Waals surface area contributed by atoms with Crippen LogP contribution in [0.2, 0.25) is 0 Å². The summed E-state index contributed by atoms with van der Waals surface area (Å²) in [6, 6.07) is 43.1. The molecular weight excluding hydrogens is 717 g/mol. The maximum Gasteiger partial charge on any atom is 0.269 e. The van der Waals surface area contributed by atoms with Crippen LogP contribution in [0.4, 0.5) is 11.4 Å². The van der Waals surface area contributed by atoms with Gasteiger partial charge in [-0.3, -0.25) is 10.1 Å². The highest BCUT2D eigenvalue weighted by Crippen LogP contribution is 2.34. The summed E-state index contributed by atoms with van der Waals surface area (Å²) in [6.07, 6.45) is 7.96. The van der Waals surface area contributed by atoms with Crippen molar-refractivity contribution in [2.45, 2.75) is 0 Å². The second-order valence-electron chi connectivity index (χ2n) is 14.0. The number of hydrogen-bond donors (Lipinski definition) is 2. The average Bonchev–Trinajstić information content (AvgIpc) is 4.10. The highest BCUT2D eigenvalue weighted by molar-refractivity contribution is 5.95. The van der Waals surface area contributed by atoms with Gasteiger partial charge in [-0.25, -0.2) is 9.97 Å². The molecule has 0 fully saturated rings. The third kappa shape index (κ3) is 7.06. The first-order chi connectivity index (χ1) is 28.4. The number of rotatable bonds is 4. The zero-order valence-corrected chi connectivity index (χ0v) is 31.6. The largest absolute Gasteiger partial charge is 0.378 e. The van der Waals surface area contributed by atoms with Crippen LogP contribution in [-0.4, -0.2) is 39.0 Å². The molecule has 5 heterocycles. The molecule has 0 aliphatic carbocycles. The van der Waals surface area contributed by atoms with Gasteiger partial charge in [0.25, 0.3) is 5.69 Å². The van der Waals surface area contributed by atoms with Crippen molar-refractivity contribution in [1.29, 1.82) is 0 Å². The monoisotopic (exact) mass is 750 g/mol. The number of nitro groups is 1. The molecular formula is C50H34N6O2. The number of hydrogen-bond acceptors (Lipinski definition) is 5. The molecule has 0 saturated carbocycles. The molecule has 8 heteroatoms. The first kappa shape index (κ1) is 35.5. The molecule has 8 bridgehead atoms. The van der Waals surface area contributed by atoms with Gasteiger partial charge in [-0.1, -0.05) is 84.3 Å². The zero-order chi connectivity index (χ0) is 39.6. The maximum absolute atomic E-state index is 11.3. The standard InChI is InChI=1S/C50H34N6O2/c1-55(2)37-19-13-33(14-20-37)17-23-39-41-25-29-45(51-41)49(35-9-5-3-6-10-35)47-31-27-43(53-47)40(24-18-34-15-21-38(22-16-34)56(57)58)44-28-32-48(54-44)50(36-11-7-4-8-12-36)46-30-26-42(39)52-46/h3-16,19-22,25-32,51-52H,1-2H3. The molecule has 9 rings (SSSR count). The minimum Gasteiger partial charge on any atom is -0.378 e. The quantitative estimate of drug-likeness (QED) is 0.106. The topological polar surface area (TPSA) is 104 Å². The molecule has 2 aliphatic rings. The van der Waals surface area contributed by atoms with Crippen LogP contribution in [0.1, 0.15) is 45.0 Å². The minimum atomic E-state index is -0.418. The van der Waals surface area contributed by atoms with Gasteiger partial charge in [0, 0.05) is 65.2 Å². The van der Waals surface area contributed by atoms with E-state index in [1.54, 1.807) is 12.1 Å². The van der Waals surface area contributed by atoms with Crippen molar-refractivity contribution in [3.63, 3.8) is 0 Å². The number of H-pyrrole nitrogens is 2. The van der Waals surface area contributed by atoms with Gasteiger partial charge in [-0.2, -0.15) is 0 Å². The Labute approximate surface area is 335 Å². The fraction of sp³-hybridized carbons (Fsp3) is 0.0400. The number of benzene rings is 4. The van der Waals surface area contributed by atoms with Crippen LogP contribution in [0.5, 0.6) is 0 Å². The van der Waals surface area contributed by atoms with E-state index in [1.165, 1.54) is 12.1 Å². The SMILES string of the molecule is CN(C)c1ccc(C#Cc2c3ccc([nH]3)c(-c3ccccc3)c3nc(c(C#Cc4ccc([N+](=O)[O-])cc4)c4nc(c(-c5ccccc5)c5ccc2[nH]5)C=C4)C=C3)cc1. The molecule has 0 saturated heterocycles. The van der Waals surface area contributed by atoms with Crippen molar-refractivity contribution < 1.29 is 4.92 Å². The Balaban J connectivity index is 1.36. The number of anilines is 1. The van der Waals surface area contributed by atoms with Crippen molar-refractivity contribution in [3.8, 4) is 45.9 Å². The molecule has 7 aromatic rings. The summed E-state index contributed by atoms with van der Waals surface area (Å²) >= 11 is 0. The van der Waals surface area contributed by atoms with Crippen molar-refractivity contribution in [3.05, 3.63) is 189 Å². The van der Waals surface area contributed by atoms with E-state index in [9.17, 15) is 10.1 Å². The first-order valence-electron chi connectivity index (χ1n) is 18.7. The van der Waals surface area contributed by atoms with Crippen LogP contribution in [0.15, 0.2) is 133 Å². The number of aromatic amines is 2. The van der Waals surface area contributed by atoms with Crippen LogP contribution < -0.4 is 4.90 Å². The lowest BCUT2D eigenvalue weighted by molar-refractivity contribution is -0.384. The number of non-ortho nitro benzene ring substituents is 1. The first-order valence-corrected chi connectivity index (χ1v) is 18.7. The van der Waals surface area contributed by atoms with Gasteiger partial charge in [0.15, 0.2) is 0 Å². The van der Waals surface area contributed by atoms with E-state index in [2.05, 4.69) is 99.2 Å². The van der Waals surface area contributed by atoms with Gasteiger partial charge < -0.3 is 14.9 Å². The summed E-state index contributed by atoms with van der Waals surface area (Å²) in [4.78, 5) is 30.9. The average molecular weight is 751 g/mol. The fourth-order valence-corrected chi connectivity index (χ4v) is 7.06. The Morgan fingerprint density at radius 3 is 1.40 bits per heavy atom. The Bertz CT molecular complexity index is 2960. The van der Waals surface area contributed by atoms with Crippen LogP contribution in [0.3, 0.4) is 0 Å². The minimum absolute atomic E-state index is 0.00664. The number of nitro benzene ring substituents is 1. The number of aromatic nitrogens is 4. The molecule has 0 amide bonds. The van der Waals surface area contributed by atoms with Crippen LogP contribution in [0, 0.1) is 33.8 Å². The van der Waals surface area contributed by atoms with E-state index in [0.29, 0.717) is 22.5 Å². The van der Waals surface area contributed by atoms with E-state index < -0.39 is 4.92 Å². The predicted molar refractivity (Wildman–Crippen MR) is 236 cm³/mol. The molecule has 0 unspecified atom stereocenters. The summed E-state index contributed by atoms with van der Waals surface area (Å²) in [5, 5.41) is 11.3. The van der Waals surface area contributed by atoms with E-state index in [4.69, 9.17) is 9.97 Å². The fourth-order valence-electron chi connectivity index (χ4n) is 7.06. The maximum atomic E-state index is 11.3. The molecule has 276 valence electrons. The van der Waals surface area contributed by atoms with Gasteiger partial charge in [0.05, 0.1) is 49.9 Å². The Hall–Kier alpha value is -8.20. The lowest BCUT2D eigenvalue weighted by atomic mass is 10.0. The molecule has 4 aromatic carbocycles. The molecule has 2 N–H and O–H groups in total. The van der Waals surface area contributed by atoms with Gasteiger partial charge >= 0.3 is 0 Å². The molecule has 8 nitrogen and oxygen atoms in total. The van der Waals surface area contributed by atoms with Crippen molar-refractivity contribution in [2.24, 2.45) is 0 Å². The van der Waals surface area contributed by atoms with Crippen molar-refractivity contribution in [2.75, 3.05) is 19.0 Å². The van der Waals surface area contributed by atoms with Crippen LogP contribution >= 0.6 is 0 Å². The zero-order valence-electron chi connectivity index (χ0n) is 31.6. The third-order valence-electron chi connectivity index (χ3n) is 10.0. The number of nitrogens with one attached hydrogen (secondary N) is 2. The van der Waals surface area contributed by atoms with Crippen LogP contribution in [0.25, 0.3) is 68.6 Å². The molecule has 0 radical (unpaired) electrons. The molecule has 0 atom stereocenters. The normalized spacial score (nSPS) is 11.3. The van der Waals surface area contributed by atoms with Gasteiger partial charge in [0.1, 0.15) is 0 Å². The van der Waals surface area contributed by atoms with Gasteiger partial charge in [-0.15, -0.1) is 0 Å². The van der Waals surface area contributed by atoms with Crippen LogP contribution in [-0.2, 0) is 0 Å². The summed E-state index contributed by atoms with van der Waals surface area (Å²) in [7, 11) is 4.05. The molecule has 3 aromatic heterocycles. The molecule has 0 spiro atoms. The number of fused-ring (bicyclic) bond motifs is 8. The molecule has 58 heavy (non-hydrogen) atoms. The van der Waals surface area contributed by atoms with E-state index in [0.717, 1.165) is 72.5 Å². The van der Waals surface area contributed by atoms with E-state index in [1.807, 2.05) is 86.9 Å². The summed E-state index contributed by atoms with van der Waals surface area (Å²) in [6.45, 7) is 0. The second-order valence-corrected chi connectivity index (χ2v) is 14.0. The lowest BCUT2D eigenvalue weighted by Gasteiger charge is -2.11. The van der Waals surface area contributed by atoms with Crippen molar-refractivity contribution >= 4 is 57.7 Å². The predicted octanol–water partition coefficient (Wildman–Crippen LogP) is 10.8. The highest BCUT2D eigenvalue weighted by Gasteiger charge is 2.17.